The van der Waals surface area contributed by atoms with Crippen LogP contribution in [0.5, 0.6) is 0 Å². The average molecular weight is 298 g/mol. The molecule has 0 fully saturated rings. The Hall–Kier alpha value is -2.51. The van der Waals surface area contributed by atoms with Crippen LogP contribution in [0.2, 0.25) is 5.02 Å². The molecule has 0 amide bonds. The van der Waals surface area contributed by atoms with Crippen LogP contribution in [0.15, 0.2) is 42.7 Å². The fourth-order valence-corrected chi connectivity index (χ4v) is 2.30. The zero-order valence-corrected chi connectivity index (χ0v) is 11.6. The van der Waals surface area contributed by atoms with E-state index in [0.717, 1.165) is 22.7 Å². The fourth-order valence-electron chi connectivity index (χ4n) is 2.14. The lowest BCUT2D eigenvalue weighted by Gasteiger charge is -2.04. The third-order valence-electron chi connectivity index (χ3n) is 3.13. The Kier molecular flexibility index (Phi) is 3.51. The van der Waals surface area contributed by atoms with Crippen LogP contribution in [0.25, 0.3) is 10.9 Å². The minimum absolute atomic E-state index is 0.00509. The lowest BCUT2D eigenvalue weighted by Crippen LogP contribution is -1.96. The van der Waals surface area contributed by atoms with E-state index in [1.54, 1.807) is 6.20 Å². The molecule has 0 bridgehead atoms. The third-order valence-corrected chi connectivity index (χ3v) is 3.34. The second-order valence-electron chi connectivity index (χ2n) is 4.62. The zero-order valence-electron chi connectivity index (χ0n) is 10.8. The molecule has 5 heteroatoms. The van der Waals surface area contributed by atoms with Crippen LogP contribution in [-0.4, -0.2) is 9.97 Å². The Labute approximate surface area is 125 Å². The standard InChI is InChI=1S/C16H9ClFN3/c17-13-5-11-3-10(1-2-16(11)21-8-13)4-14-6-12(7-19)15(18)9-20-14/h1-3,5-6,8-9H,4H2. The molecule has 2 aromatic heterocycles. The van der Waals surface area contributed by atoms with Crippen LogP contribution in [0.3, 0.4) is 0 Å². The molecular weight excluding hydrogens is 289 g/mol. The van der Waals surface area contributed by atoms with Gasteiger partial charge in [0.1, 0.15) is 6.07 Å². The molecule has 3 nitrogen and oxygen atoms in total. The van der Waals surface area contributed by atoms with E-state index in [2.05, 4.69) is 9.97 Å². The average Bonchev–Trinajstić information content (AvgIpc) is 2.49. The van der Waals surface area contributed by atoms with Crippen molar-refractivity contribution >= 4 is 22.5 Å². The second kappa shape index (κ2) is 5.47. The Morgan fingerprint density at radius 1 is 1.14 bits per heavy atom. The number of halogens is 2. The highest BCUT2D eigenvalue weighted by molar-refractivity contribution is 6.31. The van der Waals surface area contributed by atoms with Gasteiger partial charge >= 0.3 is 0 Å². The highest BCUT2D eigenvalue weighted by Gasteiger charge is 2.06. The van der Waals surface area contributed by atoms with E-state index in [1.807, 2.05) is 30.3 Å². The molecule has 1 aromatic carbocycles. The molecule has 0 saturated carbocycles. The van der Waals surface area contributed by atoms with Gasteiger partial charge in [0.2, 0.25) is 0 Å². The van der Waals surface area contributed by atoms with Crippen molar-refractivity contribution < 1.29 is 4.39 Å². The van der Waals surface area contributed by atoms with Gasteiger partial charge in [-0.1, -0.05) is 17.7 Å². The Morgan fingerprint density at radius 3 is 2.81 bits per heavy atom. The summed E-state index contributed by atoms with van der Waals surface area (Å²) in [6.45, 7) is 0. The van der Waals surface area contributed by atoms with Gasteiger partial charge in [-0.3, -0.25) is 9.97 Å². The van der Waals surface area contributed by atoms with E-state index in [4.69, 9.17) is 16.9 Å². The molecule has 0 aliphatic carbocycles. The van der Waals surface area contributed by atoms with Crippen LogP contribution in [0.4, 0.5) is 4.39 Å². The van der Waals surface area contributed by atoms with Crippen molar-refractivity contribution in [2.24, 2.45) is 0 Å². The minimum atomic E-state index is -0.601. The summed E-state index contributed by atoms with van der Waals surface area (Å²) in [5, 5.41) is 10.3. The van der Waals surface area contributed by atoms with Gasteiger partial charge in [-0.05, 0) is 29.8 Å². The SMILES string of the molecule is N#Cc1cc(Cc2ccc3ncc(Cl)cc3c2)ncc1F. The first-order valence-corrected chi connectivity index (χ1v) is 6.62. The van der Waals surface area contributed by atoms with E-state index in [-0.39, 0.29) is 5.56 Å². The van der Waals surface area contributed by atoms with Crippen molar-refractivity contribution in [3.8, 4) is 6.07 Å². The molecular formula is C16H9ClFN3. The molecule has 21 heavy (non-hydrogen) atoms. The van der Waals surface area contributed by atoms with Gasteiger partial charge in [-0.2, -0.15) is 5.26 Å². The number of pyridine rings is 2. The number of fused-ring (bicyclic) bond motifs is 1. The molecule has 0 N–H and O–H groups in total. The van der Waals surface area contributed by atoms with Crippen LogP contribution in [0, 0.1) is 17.1 Å². The number of rotatable bonds is 2. The molecule has 102 valence electrons. The van der Waals surface area contributed by atoms with Crippen LogP contribution < -0.4 is 0 Å². The Balaban J connectivity index is 1.96. The van der Waals surface area contributed by atoms with Crippen molar-refractivity contribution in [3.63, 3.8) is 0 Å². The number of nitrogens with zero attached hydrogens (tertiary/aromatic N) is 3. The van der Waals surface area contributed by atoms with Gasteiger partial charge in [0, 0.05) is 23.7 Å². The highest BCUT2D eigenvalue weighted by Crippen LogP contribution is 2.20. The Bertz CT molecular complexity index is 871. The normalized spacial score (nSPS) is 10.5. The number of nitriles is 1. The van der Waals surface area contributed by atoms with E-state index in [0.29, 0.717) is 17.1 Å². The second-order valence-corrected chi connectivity index (χ2v) is 5.06. The maximum atomic E-state index is 13.3. The largest absolute Gasteiger partial charge is 0.258 e. The predicted molar refractivity (Wildman–Crippen MR) is 78.5 cm³/mol. The van der Waals surface area contributed by atoms with E-state index < -0.39 is 5.82 Å². The van der Waals surface area contributed by atoms with E-state index >= 15 is 0 Å². The van der Waals surface area contributed by atoms with Crippen LogP contribution in [-0.2, 0) is 6.42 Å². The Morgan fingerprint density at radius 2 is 2.00 bits per heavy atom. The summed E-state index contributed by atoms with van der Waals surface area (Å²) in [6.07, 6.45) is 3.19. The van der Waals surface area contributed by atoms with Gasteiger partial charge in [0.05, 0.1) is 22.3 Å². The molecule has 0 aliphatic heterocycles. The first-order chi connectivity index (χ1) is 10.2. The number of hydrogen-bond donors (Lipinski definition) is 0. The van der Waals surface area contributed by atoms with Gasteiger partial charge in [-0.15, -0.1) is 0 Å². The zero-order chi connectivity index (χ0) is 14.8. The van der Waals surface area contributed by atoms with Gasteiger partial charge in [-0.25, -0.2) is 4.39 Å². The first kappa shape index (κ1) is 13.5. The van der Waals surface area contributed by atoms with Crippen LogP contribution in [0.1, 0.15) is 16.8 Å². The number of aromatic nitrogens is 2. The number of benzene rings is 1. The van der Waals surface area contributed by atoms with Crippen molar-refractivity contribution in [1.29, 1.82) is 5.26 Å². The molecule has 0 saturated heterocycles. The highest BCUT2D eigenvalue weighted by atomic mass is 35.5. The maximum Gasteiger partial charge on any atom is 0.159 e. The summed E-state index contributed by atoms with van der Waals surface area (Å²) in [6, 6.07) is 10.9. The fraction of sp³-hybridized carbons (Fsp3) is 0.0625. The molecule has 0 unspecified atom stereocenters. The minimum Gasteiger partial charge on any atom is -0.258 e. The van der Waals surface area contributed by atoms with E-state index in [1.165, 1.54) is 6.07 Å². The van der Waals surface area contributed by atoms with Crippen molar-refractivity contribution in [2.75, 3.05) is 0 Å². The lowest BCUT2D eigenvalue weighted by atomic mass is 10.1. The lowest BCUT2D eigenvalue weighted by molar-refractivity contribution is 0.615. The van der Waals surface area contributed by atoms with Gasteiger partial charge in [0.15, 0.2) is 5.82 Å². The molecule has 3 aromatic rings. The molecule has 0 atom stereocenters. The summed E-state index contributed by atoms with van der Waals surface area (Å²) < 4.78 is 13.3. The van der Waals surface area contributed by atoms with Crippen LogP contribution >= 0.6 is 11.6 Å². The summed E-state index contributed by atoms with van der Waals surface area (Å²) in [4.78, 5) is 8.24. The monoisotopic (exact) mass is 297 g/mol. The third kappa shape index (κ3) is 2.83. The van der Waals surface area contributed by atoms with Gasteiger partial charge < -0.3 is 0 Å². The van der Waals surface area contributed by atoms with E-state index in [9.17, 15) is 4.39 Å². The molecule has 2 heterocycles. The predicted octanol–water partition coefficient (Wildman–Crippen LogP) is 3.88. The quantitative estimate of drug-likeness (QED) is 0.721. The van der Waals surface area contributed by atoms with Crippen molar-refractivity contribution in [1.82, 2.24) is 9.97 Å². The van der Waals surface area contributed by atoms with Crippen molar-refractivity contribution in [2.45, 2.75) is 6.42 Å². The summed E-state index contributed by atoms with van der Waals surface area (Å²) in [5.41, 5.74) is 2.50. The van der Waals surface area contributed by atoms with Crippen molar-refractivity contribution in [3.05, 3.63) is 70.4 Å². The van der Waals surface area contributed by atoms with Gasteiger partial charge in [0.25, 0.3) is 0 Å². The molecule has 3 rings (SSSR count). The summed E-state index contributed by atoms with van der Waals surface area (Å²) >= 11 is 5.94. The molecule has 0 spiro atoms. The first-order valence-electron chi connectivity index (χ1n) is 6.24. The maximum absolute atomic E-state index is 13.3. The summed E-state index contributed by atoms with van der Waals surface area (Å²) in [7, 11) is 0. The summed E-state index contributed by atoms with van der Waals surface area (Å²) in [5.74, 6) is -0.601. The number of hydrogen-bond acceptors (Lipinski definition) is 3. The topological polar surface area (TPSA) is 49.6 Å². The molecule has 0 radical (unpaired) electrons. The smallest absolute Gasteiger partial charge is 0.159 e. The molecule has 0 aliphatic rings.